The molecular weight excluding hydrogens is 287 g/mol. The topological polar surface area (TPSA) is 38.5 Å². The molecule has 0 aliphatic heterocycles. The second kappa shape index (κ2) is 6.54. The summed E-state index contributed by atoms with van der Waals surface area (Å²) in [5.41, 5.74) is 7.96. The van der Waals surface area contributed by atoms with Gasteiger partial charge in [0.2, 0.25) is 0 Å². The van der Waals surface area contributed by atoms with Gasteiger partial charge in [-0.15, -0.1) is 0 Å². The van der Waals surface area contributed by atoms with Crippen molar-refractivity contribution < 1.29 is 9.13 Å². The highest BCUT2D eigenvalue weighted by atomic mass is 32.1. The molecule has 0 heterocycles. The molecule has 3 nitrogen and oxygen atoms in total. The molecule has 2 N–H and O–H groups in total. The Balaban J connectivity index is 2.13. The number of hydrogen-bond acceptors (Lipinski definition) is 3. The summed E-state index contributed by atoms with van der Waals surface area (Å²) in [5, 5.41) is 0. The molecule has 2 aromatic carbocycles. The Bertz CT molecular complexity index is 643. The fraction of sp³-hybridized carbons (Fsp3) is 0.188. The van der Waals surface area contributed by atoms with E-state index in [1.165, 1.54) is 13.2 Å². The van der Waals surface area contributed by atoms with E-state index in [2.05, 4.69) is 0 Å². The molecule has 0 atom stereocenters. The molecule has 5 heteroatoms. The predicted octanol–water partition coefficient (Wildman–Crippen LogP) is 3.10. The van der Waals surface area contributed by atoms with Gasteiger partial charge in [-0.3, -0.25) is 0 Å². The summed E-state index contributed by atoms with van der Waals surface area (Å²) in [4.78, 5) is 2.32. The first kappa shape index (κ1) is 15.3. The maximum Gasteiger partial charge on any atom is 0.131 e. The van der Waals surface area contributed by atoms with Crippen LogP contribution in [0.1, 0.15) is 11.1 Å². The van der Waals surface area contributed by atoms with Crippen molar-refractivity contribution in [2.24, 2.45) is 5.73 Å². The largest absolute Gasteiger partial charge is 0.497 e. The molecule has 0 fully saturated rings. The van der Waals surface area contributed by atoms with Crippen LogP contribution >= 0.6 is 12.2 Å². The van der Waals surface area contributed by atoms with Gasteiger partial charge in [0, 0.05) is 36.5 Å². The van der Waals surface area contributed by atoms with Crippen LogP contribution in [0.15, 0.2) is 42.5 Å². The zero-order valence-corrected chi connectivity index (χ0v) is 12.8. The van der Waals surface area contributed by atoms with Crippen molar-refractivity contribution in [3.8, 4) is 5.75 Å². The third kappa shape index (κ3) is 3.70. The van der Waals surface area contributed by atoms with Crippen molar-refractivity contribution in [3.05, 3.63) is 59.4 Å². The molecule has 2 rings (SSSR count). The molecule has 0 spiro atoms. The van der Waals surface area contributed by atoms with Crippen LogP contribution in [-0.2, 0) is 6.54 Å². The van der Waals surface area contributed by atoms with Gasteiger partial charge in [-0.2, -0.15) is 0 Å². The van der Waals surface area contributed by atoms with Gasteiger partial charge >= 0.3 is 0 Å². The number of thiocarbonyl (C=S) groups is 1. The SMILES string of the molecule is COc1ccc(CN(C)c2ccc(C(N)=S)cc2)c(F)c1. The number of rotatable bonds is 5. The van der Waals surface area contributed by atoms with Crippen LogP contribution < -0.4 is 15.4 Å². The van der Waals surface area contributed by atoms with E-state index < -0.39 is 0 Å². The van der Waals surface area contributed by atoms with Crippen molar-refractivity contribution >= 4 is 22.9 Å². The van der Waals surface area contributed by atoms with E-state index in [0.717, 1.165) is 11.3 Å². The molecule has 0 aliphatic rings. The van der Waals surface area contributed by atoms with Crippen LogP contribution in [0.25, 0.3) is 0 Å². The van der Waals surface area contributed by atoms with Crippen LogP contribution in [0.5, 0.6) is 5.75 Å². The molecule has 0 aromatic heterocycles. The van der Waals surface area contributed by atoms with Crippen molar-refractivity contribution in [1.29, 1.82) is 0 Å². The Kier molecular flexibility index (Phi) is 4.75. The average Bonchev–Trinajstić information content (AvgIpc) is 2.49. The van der Waals surface area contributed by atoms with Gasteiger partial charge in [0.15, 0.2) is 0 Å². The third-order valence-corrected chi connectivity index (χ3v) is 3.50. The number of nitrogens with two attached hydrogens (primary N) is 1. The molecule has 0 aliphatic carbocycles. The predicted molar refractivity (Wildman–Crippen MR) is 87.4 cm³/mol. The number of methoxy groups -OCH3 is 1. The summed E-state index contributed by atoms with van der Waals surface area (Å²) in [6.07, 6.45) is 0. The lowest BCUT2D eigenvalue weighted by Gasteiger charge is -2.20. The summed E-state index contributed by atoms with van der Waals surface area (Å²) >= 11 is 4.92. The number of benzene rings is 2. The van der Waals surface area contributed by atoms with E-state index in [1.54, 1.807) is 12.1 Å². The zero-order chi connectivity index (χ0) is 15.4. The number of halogens is 1. The molecule has 21 heavy (non-hydrogen) atoms. The molecule has 0 saturated heterocycles. The quantitative estimate of drug-likeness (QED) is 0.862. The summed E-state index contributed by atoms with van der Waals surface area (Å²) in [5.74, 6) is 0.237. The number of hydrogen-bond donors (Lipinski definition) is 1. The van der Waals surface area contributed by atoms with Crippen molar-refractivity contribution in [3.63, 3.8) is 0 Å². The lowest BCUT2D eigenvalue weighted by atomic mass is 10.1. The normalized spacial score (nSPS) is 10.2. The molecule has 0 bridgehead atoms. The fourth-order valence-electron chi connectivity index (χ4n) is 2.01. The molecular formula is C16H17FN2OS. The van der Waals surface area contributed by atoms with Crippen molar-refractivity contribution in [2.45, 2.75) is 6.54 Å². The van der Waals surface area contributed by atoms with E-state index in [4.69, 9.17) is 22.7 Å². The van der Waals surface area contributed by atoms with Crippen LogP contribution in [0.2, 0.25) is 0 Å². The third-order valence-electron chi connectivity index (χ3n) is 3.26. The van der Waals surface area contributed by atoms with Gasteiger partial charge in [-0.25, -0.2) is 4.39 Å². The van der Waals surface area contributed by atoms with Crippen molar-refractivity contribution in [2.75, 3.05) is 19.1 Å². The van der Waals surface area contributed by atoms with Gasteiger partial charge in [0.05, 0.1) is 7.11 Å². The Hall–Kier alpha value is -2.14. The lowest BCUT2D eigenvalue weighted by Crippen LogP contribution is -2.17. The standard InChI is InChI=1S/C16H17FN2OS/c1-19(13-6-3-11(4-7-13)16(18)21)10-12-5-8-14(20-2)9-15(12)17/h3-9H,10H2,1-2H3,(H2,18,21). The molecule has 0 saturated carbocycles. The molecule has 0 radical (unpaired) electrons. The summed E-state index contributed by atoms with van der Waals surface area (Å²) in [6, 6.07) is 12.4. The number of nitrogens with zero attached hydrogens (tertiary/aromatic N) is 1. The van der Waals surface area contributed by atoms with Crippen LogP contribution in [0, 0.1) is 5.82 Å². The van der Waals surface area contributed by atoms with Gasteiger partial charge < -0.3 is 15.4 Å². The highest BCUT2D eigenvalue weighted by molar-refractivity contribution is 7.80. The number of ether oxygens (including phenoxy) is 1. The maximum atomic E-state index is 13.9. The number of anilines is 1. The van der Waals surface area contributed by atoms with Crippen LogP contribution in [-0.4, -0.2) is 19.1 Å². The molecule has 0 amide bonds. The Labute approximate surface area is 129 Å². The Morgan fingerprint density at radius 2 is 1.90 bits per heavy atom. The minimum Gasteiger partial charge on any atom is -0.497 e. The maximum absolute atomic E-state index is 13.9. The van der Waals surface area contributed by atoms with E-state index in [9.17, 15) is 4.39 Å². The monoisotopic (exact) mass is 304 g/mol. The Morgan fingerprint density at radius 1 is 1.24 bits per heavy atom. The van der Waals surface area contributed by atoms with Gasteiger partial charge in [0.1, 0.15) is 16.6 Å². The molecule has 110 valence electrons. The molecule has 0 unspecified atom stereocenters. The smallest absolute Gasteiger partial charge is 0.131 e. The summed E-state index contributed by atoms with van der Waals surface area (Å²) in [6.45, 7) is 0.461. The first-order chi connectivity index (χ1) is 10.0. The van der Waals surface area contributed by atoms with Gasteiger partial charge in [-0.1, -0.05) is 18.3 Å². The van der Waals surface area contributed by atoms with Crippen molar-refractivity contribution in [1.82, 2.24) is 0 Å². The molecule has 2 aromatic rings. The first-order valence-corrected chi connectivity index (χ1v) is 6.85. The van der Waals surface area contributed by atoms with Gasteiger partial charge in [0.25, 0.3) is 0 Å². The van der Waals surface area contributed by atoms with Crippen LogP contribution in [0.4, 0.5) is 10.1 Å². The highest BCUT2D eigenvalue weighted by Gasteiger charge is 2.08. The average molecular weight is 304 g/mol. The highest BCUT2D eigenvalue weighted by Crippen LogP contribution is 2.20. The second-order valence-electron chi connectivity index (χ2n) is 4.72. The second-order valence-corrected chi connectivity index (χ2v) is 5.16. The first-order valence-electron chi connectivity index (χ1n) is 6.44. The Morgan fingerprint density at radius 3 is 2.43 bits per heavy atom. The van der Waals surface area contributed by atoms with E-state index in [-0.39, 0.29) is 5.82 Å². The summed E-state index contributed by atoms with van der Waals surface area (Å²) in [7, 11) is 3.42. The van der Waals surface area contributed by atoms with Crippen LogP contribution in [0.3, 0.4) is 0 Å². The van der Waals surface area contributed by atoms with E-state index in [0.29, 0.717) is 22.8 Å². The minimum absolute atomic E-state index is 0.277. The van der Waals surface area contributed by atoms with Gasteiger partial charge in [-0.05, 0) is 30.3 Å². The lowest BCUT2D eigenvalue weighted by molar-refractivity contribution is 0.410. The fourth-order valence-corrected chi connectivity index (χ4v) is 2.15. The zero-order valence-electron chi connectivity index (χ0n) is 12.0. The summed E-state index contributed by atoms with van der Waals surface area (Å²) < 4.78 is 18.9. The van der Waals surface area contributed by atoms with E-state index in [1.807, 2.05) is 36.2 Å². The van der Waals surface area contributed by atoms with E-state index >= 15 is 0 Å². The minimum atomic E-state index is -0.277.